The molecule has 32 heavy (non-hydrogen) atoms. The standard InChI is InChI=1S/C19H22F3N3O5S2/c1-18(2,3)30-17(27)23-8-15(26)24-16-25(13-9-32(28,29)10-14(13)31-16)12-6-4-5-11(7-12)19(20,21)22/h4-7,13-14H,8-10H2,1-3H3,(H,23,27)/t13-,14+/m0/s1. The molecule has 0 aromatic heterocycles. The zero-order chi connectivity index (χ0) is 23.9. The first kappa shape index (κ1) is 24.4. The molecule has 0 unspecified atom stereocenters. The zero-order valence-electron chi connectivity index (χ0n) is 17.5. The molecule has 2 aliphatic heterocycles. The lowest BCUT2D eigenvalue weighted by atomic mass is 10.1. The number of thioether (sulfide) groups is 1. The lowest BCUT2D eigenvalue weighted by Gasteiger charge is -2.25. The van der Waals surface area contributed by atoms with Gasteiger partial charge in [-0.15, -0.1) is 0 Å². The van der Waals surface area contributed by atoms with Gasteiger partial charge in [-0.3, -0.25) is 4.79 Å². The summed E-state index contributed by atoms with van der Waals surface area (Å²) in [7, 11) is -3.37. The lowest BCUT2D eigenvalue weighted by molar-refractivity contribution is -0.137. The van der Waals surface area contributed by atoms with Gasteiger partial charge < -0.3 is 15.0 Å². The summed E-state index contributed by atoms with van der Waals surface area (Å²) in [6.45, 7) is 4.49. The lowest BCUT2D eigenvalue weighted by Crippen LogP contribution is -2.38. The Hall–Kier alpha value is -2.28. The summed E-state index contributed by atoms with van der Waals surface area (Å²) in [5.41, 5.74) is -1.58. The van der Waals surface area contributed by atoms with E-state index in [1.807, 2.05) is 0 Å². The molecule has 0 radical (unpaired) electrons. The SMILES string of the molecule is CC(C)(C)OC(=O)NCC(=O)N=C1S[C@@H]2CS(=O)(=O)C[C@@H]2N1c1cccc(C(F)(F)F)c1. The van der Waals surface area contributed by atoms with Gasteiger partial charge in [0.05, 0.1) is 23.1 Å². The topological polar surface area (TPSA) is 105 Å². The van der Waals surface area contributed by atoms with Crippen LogP contribution in [0.5, 0.6) is 0 Å². The van der Waals surface area contributed by atoms with Crippen LogP contribution in [0.15, 0.2) is 29.3 Å². The highest BCUT2D eigenvalue weighted by atomic mass is 32.2. The number of rotatable bonds is 3. The van der Waals surface area contributed by atoms with E-state index < -0.39 is 57.0 Å². The molecule has 13 heteroatoms. The van der Waals surface area contributed by atoms with Crippen LogP contribution in [0.4, 0.5) is 23.7 Å². The van der Waals surface area contributed by atoms with E-state index in [9.17, 15) is 31.2 Å². The van der Waals surface area contributed by atoms with Crippen LogP contribution in [0.25, 0.3) is 0 Å². The molecule has 2 fully saturated rings. The molecule has 0 saturated carbocycles. The number of carbonyl (C=O) groups is 2. The third kappa shape index (κ3) is 5.94. The first-order valence-electron chi connectivity index (χ1n) is 9.56. The summed E-state index contributed by atoms with van der Waals surface area (Å²) in [4.78, 5) is 29.4. The molecule has 3 rings (SSSR count). The second kappa shape index (κ2) is 8.58. The van der Waals surface area contributed by atoms with Gasteiger partial charge in [0.25, 0.3) is 5.91 Å². The maximum Gasteiger partial charge on any atom is 0.416 e. The number of anilines is 1. The van der Waals surface area contributed by atoms with Crippen LogP contribution >= 0.6 is 11.8 Å². The number of alkyl carbamates (subject to hydrolysis) is 1. The highest BCUT2D eigenvalue weighted by Gasteiger charge is 2.49. The van der Waals surface area contributed by atoms with E-state index in [1.165, 1.54) is 17.0 Å². The molecule has 2 aliphatic rings. The van der Waals surface area contributed by atoms with Crippen LogP contribution in [0.1, 0.15) is 26.3 Å². The molecule has 2 heterocycles. The van der Waals surface area contributed by atoms with Gasteiger partial charge in [-0.2, -0.15) is 18.2 Å². The van der Waals surface area contributed by atoms with Crippen LogP contribution in [0.3, 0.4) is 0 Å². The molecule has 0 aliphatic carbocycles. The second-order valence-corrected chi connectivity index (χ2v) is 11.7. The Morgan fingerprint density at radius 3 is 2.56 bits per heavy atom. The monoisotopic (exact) mass is 493 g/mol. The Bertz CT molecular complexity index is 1050. The van der Waals surface area contributed by atoms with Crippen LogP contribution in [-0.4, -0.2) is 60.5 Å². The summed E-state index contributed by atoms with van der Waals surface area (Å²) in [6.07, 6.45) is -5.41. The molecular weight excluding hydrogens is 471 g/mol. The fourth-order valence-corrected chi connectivity index (χ4v) is 7.24. The molecular formula is C19H22F3N3O5S2. The van der Waals surface area contributed by atoms with Crippen LogP contribution in [-0.2, 0) is 25.5 Å². The molecule has 2 saturated heterocycles. The second-order valence-electron chi connectivity index (χ2n) is 8.36. The van der Waals surface area contributed by atoms with Crippen molar-refractivity contribution >= 4 is 44.5 Å². The third-order valence-corrected chi connectivity index (χ3v) is 7.73. The van der Waals surface area contributed by atoms with Gasteiger partial charge in [-0.25, -0.2) is 13.2 Å². The zero-order valence-corrected chi connectivity index (χ0v) is 19.1. The summed E-state index contributed by atoms with van der Waals surface area (Å²) < 4.78 is 68.8. The van der Waals surface area contributed by atoms with Crippen molar-refractivity contribution in [3.05, 3.63) is 29.8 Å². The molecule has 0 spiro atoms. The molecule has 1 aromatic carbocycles. The Balaban J connectivity index is 1.85. The number of hydrogen-bond donors (Lipinski definition) is 1. The van der Waals surface area contributed by atoms with E-state index in [0.29, 0.717) is 0 Å². The fraction of sp³-hybridized carbons (Fsp3) is 0.526. The molecule has 1 aromatic rings. The number of alkyl halides is 3. The van der Waals surface area contributed by atoms with Gasteiger partial charge in [0.1, 0.15) is 12.1 Å². The van der Waals surface area contributed by atoms with Crippen LogP contribution < -0.4 is 10.2 Å². The summed E-state index contributed by atoms with van der Waals surface area (Å²) in [5.74, 6) is -1.18. The Morgan fingerprint density at radius 1 is 1.25 bits per heavy atom. The Morgan fingerprint density at radius 2 is 1.94 bits per heavy atom. The predicted octanol–water partition coefficient (Wildman–Crippen LogP) is 2.83. The highest BCUT2D eigenvalue weighted by Crippen LogP contribution is 2.42. The Labute approximate surface area is 187 Å². The number of amides is 2. The number of carbonyl (C=O) groups excluding carboxylic acids is 2. The van der Waals surface area contributed by atoms with Crippen molar-refractivity contribution in [1.82, 2.24) is 5.32 Å². The number of ether oxygens (including phenoxy) is 1. The normalized spacial score (nSPS) is 23.8. The molecule has 2 amide bonds. The van der Waals surface area contributed by atoms with Gasteiger partial charge in [0, 0.05) is 10.9 Å². The largest absolute Gasteiger partial charge is 0.444 e. The van der Waals surface area contributed by atoms with Gasteiger partial charge in [-0.05, 0) is 39.0 Å². The fourth-order valence-electron chi connectivity index (χ4n) is 3.31. The average Bonchev–Trinajstić information content (AvgIpc) is 3.08. The number of amidine groups is 1. The highest BCUT2D eigenvalue weighted by molar-refractivity contribution is 8.16. The van der Waals surface area contributed by atoms with Gasteiger partial charge in [0.2, 0.25) is 0 Å². The third-order valence-electron chi connectivity index (χ3n) is 4.52. The molecule has 8 nitrogen and oxygen atoms in total. The number of aliphatic imine (C=N–C) groups is 1. The van der Waals surface area contributed by atoms with E-state index in [1.54, 1.807) is 20.8 Å². The van der Waals surface area contributed by atoms with E-state index in [-0.39, 0.29) is 22.4 Å². The smallest absolute Gasteiger partial charge is 0.416 e. The minimum atomic E-state index is -4.59. The number of sulfone groups is 1. The minimum Gasteiger partial charge on any atom is -0.444 e. The summed E-state index contributed by atoms with van der Waals surface area (Å²) >= 11 is 1.02. The van der Waals surface area contributed by atoms with Crippen molar-refractivity contribution in [1.29, 1.82) is 0 Å². The van der Waals surface area contributed by atoms with Gasteiger partial charge >= 0.3 is 12.3 Å². The first-order chi connectivity index (χ1) is 14.6. The maximum absolute atomic E-state index is 13.2. The van der Waals surface area contributed by atoms with Crippen molar-refractivity contribution < 1.29 is 35.9 Å². The maximum atomic E-state index is 13.2. The van der Waals surface area contributed by atoms with Crippen molar-refractivity contribution in [2.45, 2.75) is 43.8 Å². The van der Waals surface area contributed by atoms with E-state index in [2.05, 4.69) is 10.3 Å². The van der Waals surface area contributed by atoms with E-state index in [0.717, 1.165) is 23.9 Å². The number of halogens is 3. The summed E-state index contributed by atoms with van der Waals surface area (Å²) in [6, 6.07) is 3.76. The molecule has 176 valence electrons. The first-order valence-corrected chi connectivity index (χ1v) is 12.3. The molecule has 0 bridgehead atoms. The number of benzene rings is 1. The predicted molar refractivity (Wildman–Crippen MR) is 114 cm³/mol. The van der Waals surface area contributed by atoms with Crippen molar-refractivity contribution in [2.24, 2.45) is 4.99 Å². The molecule has 2 atom stereocenters. The van der Waals surface area contributed by atoms with Crippen molar-refractivity contribution in [2.75, 3.05) is 23.0 Å². The average molecular weight is 494 g/mol. The number of fused-ring (bicyclic) bond motifs is 1. The van der Waals surface area contributed by atoms with Crippen molar-refractivity contribution in [3.63, 3.8) is 0 Å². The minimum absolute atomic E-state index is 0.0866. The number of hydrogen-bond acceptors (Lipinski definition) is 6. The van der Waals surface area contributed by atoms with Gasteiger partial charge in [-0.1, -0.05) is 17.8 Å². The number of nitrogens with one attached hydrogen (secondary N) is 1. The quantitative estimate of drug-likeness (QED) is 0.690. The Kier molecular flexibility index (Phi) is 6.53. The van der Waals surface area contributed by atoms with E-state index >= 15 is 0 Å². The summed E-state index contributed by atoms with van der Waals surface area (Å²) in [5, 5.41) is 1.89. The van der Waals surface area contributed by atoms with Crippen LogP contribution in [0, 0.1) is 0 Å². The molecule has 1 N–H and O–H groups in total. The van der Waals surface area contributed by atoms with Gasteiger partial charge in [0.15, 0.2) is 15.0 Å². The van der Waals surface area contributed by atoms with E-state index in [4.69, 9.17) is 4.74 Å². The van der Waals surface area contributed by atoms with Crippen LogP contribution in [0.2, 0.25) is 0 Å². The van der Waals surface area contributed by atoms with Crippen molar-refractivity contribution in [3.8, 4) is 0 Å². The number of nitrogens with zero attached hydrogens (tertiary/aromatic N) is 2.